The lowest BCUT2D eigenvalue weighted by Crippen LogP contribution is -2.20. The molecule has 0 fully saturated rings. The molecule has 0 aliphatic rings. The van der Waals surface area contributed by atoms with Gasteiger partial charge in [-0.1, -0.05) is 36.4 Å². The Balaban J connectivity index is 1.94. The maximum atomic E-state index is 12.4. The van der Waals surface area contributed by atoms with Gasteiger partial charge in [-0.15, -0.1) is 0 Å². The predicted molar refractivity (Wildman–Crippen MR) is 106 cm³/mol. The Morgan fingerprint density at radius 1 is 1.14 bits per heavy atom. The molecule has 9 heteroatoms. The van der Waals surface area contributed by atoms with Crippen molar-refractivity contribution in [2.45, 2.75) is 18.7 Å². The van der Waals surface area contributed by atoms with E-state index in [4.69, 9.17) is 0 Å². The molecule has 144 valence electrons. The van der Waals surface area contributed by atoms with Crippen molar-refractivity contribution in [3.05, 3.63) is 75.8 Å². The third-order valence-electron chi connectivity index (χ3n) is 4.31. The van der Waals surface area contributed by atoms with Crippen LogP contribution in [0.5, 0.6) is 5.75 Å². The van der Waals surface area contributed by atoms with Crippen LogP contribution in [0.25, 0.3) is 10.8 Å². The van der Waals surface area contributed by atoms with Gasteiger partial charge in [0, 0.05) is 22.6 Å². The SMILES string of the molecule is C/C(=N\NS(=O)(=O)c1ccc(C)c([N+](=O)[O-])c1)c1ccc2ccccc2c1O. The number of sulfonamides is 1. The molecule has 0 unspecified atom stereocenters. The molecule has 0 saturated carbocycles. The summed E-state index contributed by atoms with van der Waals surface area (Å²) in [4.78, 5) is 12.2. The molecule has 0 heterocycles. The van der Waals surface area contributed by atoms with Gasteiger partial charge in [-0.2, -0.15) is 18.4 Å². The minimum atomic E-state index is -4.12. The van der Waals surface area contributed by atoms with E-state index in [9.17, 15) is 23.6 Å². The van der Waals surface area contributed by atoms with Gasteiger partial charge in [-0.3, -0.25) is 10.1 Å². The van der Waals surface area contributed by atoms with Crippen LogP contribution in [0, 0.1) is 17.0 Å². The van der Waals surface area contributed by atoms with Crippen LogP contribution in [0.1, 0.15) is 18.1 Å². The van der Waals surface area contributed by atoms with Gasteiger partial charge in [0.25, 0.3) is 15.7 Å². The molecule has 0 aliphatic heterocycles. The van der Waals surface area contributed by atoms with E-state index < -0.39 is 14.9 Å². The van der Waals surface area contributed by atoms with Crippen LogP contribution in [0.15, 0.2) is 64.6 Å². The number of hydrogen-bond donors (Lipinski definition) is 2. The lowest BCUT2D eigenvalue weighted by atomic mass is 10.0. The fourth-order valence-electron chi connectivity index (χ4n) is 2.74. The Labute approximate surface area is 161 Å². The number of phenolic OH excluding ortho intramolecular Hbond substituents is 1. The molecule has 0 aliphatic carbocycles. The van der Waals surface area contributed by atoms with Crippen molar-refractivity contribution < 1.29 is 18.4 Å². The number of aryl methyl sites for hydroxylation is 1. The first-order valence-electron chi connectivity index (χ1n) is 8.23. The Morgan fingerprint density at radius 3 is 2.57 bits per heavy atom. The second kappa shape index (κ2) is 7.28. The normalized spacial score (nSPS) is 12.1. The molecular formula is C19H17N3O5S. The van der Waals surface area contributed by atoms with E-state index in [-0.39, 0.29) is 22.0 Å². The van der Waals surface area contributed by atoms with Crippen molar-refractivity contribution in [2.75, 3.05) is 0 Å². The average Bonchev–Trinajstić information content (AvgIpc) is 2.66. The minimum Gasteiger partial charge on any atom is -0.507 e. The summed E-state index contributed by atoms with van der Waals surface area (Å²) in [5.41, 5.74) is 0.671. The van der Waals surface area contributed by atoms with Crippen LogP contribution in [0.4, 0.5) is 5.69 Å². The summed E-state index contributed by atoms with van der Waals surface area (Å²) in [7, 11) is -4.12. The highest BCUT2D eigenvalue weighted by Gasteiger charge is 2.19. The van der Waals surface area contributed by atoms with Crippen molar-refractivity contribution in [1.29, 1.82) is 0 Å². The number of nitrogens with zero attached hydrogens (tertiary/aromatic N) is 2. The molecule has 8 nitrogen and oxygen atoms in total. The minimum absolute atomic E-state index is 0.00970. The maximum absolute atomic E-state index is 12.4. The molecule has 3 aromatic rings. The van der Waals surface area contributed by atoms with E-state index in [0.29, 0.717) is 16.5 Å². The van der Waals surface area contributed by atoms with Crippen LogP contribution >= 0.6 is 0 Å². The van der Waals surface area contributed by atoms with Crippen molar-refractivity contribution in [3.8, 4) is 5.75 Å². The molecule has 2 N–H and O–H groups in total. The topological polar surface area (TPSA) is 122 Å². The number of nitro groups is 1. The molecule has 0 saturated heterocycles. The Kier molecular flexibility index (Phi) is 5.02. The first-order chi connectivity index (χ1) is 13.2. The fourth-order valence-corrected chi connectivity index (χ4v) is 3.62. The van der Waals surface area contributed by atoms with Gasteiger partial charge in [0.1, 0.15) is 5.75 Å². The predicted octanol–water partition coefficient (Wildman–Crippen LogP) is 3.46. The highest BCUT2D eigenvalue weighted by Crippen LogP contribution is 2.29. The quantitative estimate of drug-likeness (QED) is 0.386. The van der Waals surface area contributed by atoms with E-state index in [1.807, 2.05) is 12.1 Å². The zero-order chi connectivity index (χ0) is 20.5. The summed E-state index contributed by atoms with van der Waals surface area (Å²) in [6.07, 6.45) is 0. The summed E-state index contributed by atoms with van der Waals surface area (Å²) >= 11 is 0. The first kappa shape index (κ1) is 19.3. The monoisotopic (exact) mass is 399 g/mol. The van der Waals surface area contributed by atoms with Gasteiger partial charge in [-0.05, 0) is 31.4 Å². The van der Waals surface area contributed by atoms with E-state index in [1.165, 1.54) is 19.1 Å². The number of rotatable bonds is 5. The maximum Gasteiger partial charge on any atom is 0.276 e. The second-order valence-corrected chi connectivity index (χ2v) is 7.84. The van der Waals surface area contributed by atoms with Crippen LogP contribution < -0.4 is 4.83 Å². The van der Waals surface area contributed by atoms with Crippen LogP contribution in [0.3, 0.4) is 0 Å². The summed E-state index contributed by atoms with van der Waals surface area (Å²) in [5, 5.41) is 26.8. The summed E-state index contributed by atoms with van der Waals surface area (Å²) in [6.45, 7) is 3.07. The second-order valence-electron chi connectivity index (χ2n) is 6.18. The summed E-state index contributed by atoms with van der Waals surface area (Å²) in [5.74, 6) is -0.00970. The largest absolute Gasteiger partial charge is 0.507 e. The zero-order valence-corrected chi connectivity index (χ0v) is 15.9. The van der Waals surface area contributed by atoms with Crippen molar-refractivity contribution in [1.82, 2.24) is 4.83 Å². The van der Waals surface area contributed by atoms with Gasteiger partial charge in [-0.25, -0.2) is 0 Å². The number of hydrazone groups is 1. The molecular weight excluding hydrogens is 382 g/mol. The number of phenols is 1. The van der Waals surface area contributed by atoms with Gasteiger partial charge in [0.2, 0.25) is 0 Å². The van der Waals surface area contributed by atoms with Gasteiger partial charge < -0.3 is 5.11 Å². The Morgan fingerprint density at radius 2 is 1.86 bits per heavy atom. The van der Waals surface area contributed by atoms with E-state index >= 15 is 0 Å². The van der Waals surface area contributed by atoms with Crippen molar-refractivity contribution in [2.24, 2.45) is 5.10 Å². The molecule has 0 aromatic heterocycles. The smallest absolute Gasteiger partial charge is 0.276 e. The molecule has 3 rings (SSSR count). The van der Waals surface area contributed by atoms with Gasteiger partial charge >= 0.3 is 0 Å². The molecule has 0 bridgehead atoms. The number of hydrogen-bond acceptors (Lipinski definition) is 6. The van der Waals surface area contributed by atoms with Crippen LogP contribution in [0.2, 0.25) is 0 Å². The van der Waals surface area contributed by atoms with Crippen LogP contribution in [-0.4, -0.2) is 24.2 Å². The zero-order valence-electron chi connectivity index (χ0n) is 15.1. The standard InChI is InChI=1S/C19H17N3O5S/c1-12-7-9-15(11-18(12)22(24)25)28(26,27)21-20-13(2)16-10-8-14-5-3-4-6-17(14)19(16)23/h3-11,21,23H,1-2H3/b20-13+. The number of nitro benzene ring substituents is 1. The highest BCUT2D eigenvalue weighted by molar-refractivity contribution is 7.89. The molecule has 3 aromatic carbocycles. The number of nitrogens with one attached hydrogen (secondary N) is 1. The molecule has 0 atom stereocenters. The third-order valence-corrected chi connectivity index (χ3v) is 5.52. The summed E-state index contributed by atoms with van der Waals surface area (Å²) < 4.78 is 24.9. The first-order valence-corrected chi connectivity index (χ1v) is 9.71. The van der Waals surface area contributed by atoms with Crippen molar-refractivity contribution in [3.63, 3.8) is 0 Å². The van der Waals surface area contributed by atoms with Crippen molar-refractivity contribution >= 4 is 32.2 Å². The number of aromatic hydroxyl groups is 1. The number of benzene rings is 3. The Bertz CT molecular complexity index is 1220. The average molecular weight is 399 g/mol. The lowest BCUT2D eigenvalue weighted by Gasteiger charge is -2.09. The Hall–Kier alpha value is -3.46. The van der Waals surface area contributed by atoms with E-state index in [2.05, 4.69) is 9.93 Å². The fraction of sp³-hybridized carbons (Fsp3) is 0.105. The number of fused-ring (bicyclic) bond motifs is 1. The third kappa shape index (κ3) is 3.65. The molecule has 0 spiro atoms. The van der Waals surface area contributed by atoms with Crippen LogP contribution in [-0.2, 0) is 10.0 Å². The van der Waals surface area contributed by atoms with Gasteiger partial charge in [0.15, 0.2) is 0 Å². The molecule has 28 heavy (non-hydrogen) atoms. The highest BCUT2D eigenvalue weighted by atomic mass is 32.2. The molecule has 0 radical (unpaired) electrons. The molecule has 0 amide bonds. The summed E-state index contributed by atoms with van der Waals surface area (Å²) in [6, 6.07) is 14.3. The lowest BCUT2D eigenvalue weighted by molar-refractivity contribution is -0.385. The van der Waals surface area contributed by atoms with E-state index in [1.54, 1.807) is 31.2 Å². The van der Waals surface area contributed by atoms with Gasteiger partial charge in [0.05, 0.1) is 15.5 Å². The van der Waals surface area contributed by atoms with E-state index in [0.717, 1.165) is 11.5 Å².